The van der Waals surface area contributed by atoms with E-state index in [2.05, 4.69) is 11.4 Å². The van der Waals surface area contributed by atoms with Crippen LogP contribution in [0.5, 0.6) is 5.75 Å². The van der Waals surface area contributed by atoms with Crippen LogP contribution in [-0.4, -0.2) is 23.7 Å². The molecule has 2 aromatic rings. The molecule has 4 rings (SSSR count). The van der Waals surface area contributed by atoms with Crippen LogP contribution in [0.4, 0.5) is 4.39 Å². The molecular weight excluding hydrogens is 345 g/mol. The molecular formula is C22H24FNO3. The highest BCUT2D eigenvalue weighted by Gasteiger charge is 2.36. The summed E-state index contributed by atoms with van der Waals surface area (Å²) in [6, 6.07) is 12.3. The van der Waals surface area contributed by atoms with E-state index in [1.165, 1.54) is 17.7 Å². The van der Waals surface area contributed by atoms with Gasteiger partial charge in [-0.1, -0.05) is 18.2 Å². The number of aliphatic hydroxyl groups is 1. The molecule has 0 aromatic heterocycles. The molecule has 1 atom stereocenters. The van der Waals surface area contributed by atoms with E-state index < -0.39 is 0 Å². The van der Waals surface area contributed by atoms with Crippen molar-refractivity contribution in [2.24, 2.45) is 5.92 Å². The van der Waals surface area contributed by atoms with Crippen LogP contribution in [0.15, 0.2) is 42.5 Å². The van der Waals surface area contributed by atoms with E-state index in [1.54, 1.807) is 6.07 Å². The number of carbonyl (C=O) groups excluding carboxylic acids is 1. The van der Waals surface area contributed by atoms with Gasteiger partial charge in [0.15, 0.2) is 0 Å². The van der Waals surface area contributed by atoms with Crippen LogP contribution in [0.25, 0.3) is 0 Å². The Kier molecular flexibility index (Phi) is 5.12. The summed E-state index contributed by atoms with van der Waals surface area (Å²) in [6.45, 7) is 0.700. The van der Waals surface area contributed by atoms with Crippen LogP contribution in [-0.2, 0) is 17.6 Å². The largest absolute Gasteiger partial charge is 0.493 e. The summed E-state index contributed by atoms with van der Waals surface area (Å²) in [5.74, 6) is 0.819. The topological polar surface area (TPSA) is 58.6 Å². The number of rotatable bonds is 6. The number of hydrogen-bond donors (Lipinski definition) is 2. The smallest absolute Gasteiger partial charge is 0.220 e. The molecule has 2 aliphatic rings. The maximum absolute atomic E-state index is 13.3. The maximum Gasteiger partial charge on any atom is 0.220 e. The SMILES string of the molecule is O=C(CCc1cccc(F)c1)N[C@H](c1ccc2c(c1)CCO2)C1CC(O)C1. The molecule has 0 saturated heterocycles. The second-order valence-corrected chi connectivity index (χ2v) is 7.53. The number of amides is 1. The zero-order chi connectivity index (χ0) is 18.8. The average Bonchev–Trinajstić information content (AvgIpc) is 3.10. The third kappa shape index (κ3) is 4.14. The molecule has 1 heterocycles. The van der Waals surface area contributed by atoms with Gasteiger partial charge in [0.1, 0.15) is 11.6 Å². The lowest BCUT2D eigenvalue weighted by Gasteiger charge is -2.38. The van der Waals surface area contributed by atoms with Crippen molar-refractivity contribution in [1.82, 2.24) is 5.32 Å². The van der Waals surface area contributed by atoms with Crippen molar-refractivity contribution in [2.45, 2.75) is 44.2 Å². The van der Waals surface area contributed by atoms with E-state index >= 15 is 0 Å². The number of ether oxygens (including phenoxy) is 1. The summed E-state index contributed by atoms with van der Waals surface area (Å²) in [5, 5.41) is 12.9. The van der Waals surface area contributed by atoms with Crippen LogP contribution < -0.4 is 10.1 Å². The monoisotopic (exact) mass is 369 g/mol. The Labute approximate surface area is 158 Å². The number of nitrogens with one attached hydrogen (secondary N) is 1. The maximum atomic E-state index is 13.3. The second-order valence-electron chi connectivity index (χ2n) is 7.53. The molecule has 0 unspecified atom stereocenters. The van der Waals surface area contributed by atoms with Gasteiger partial charge in [-0.2, -0.15) is 0 Å². The van der Waals surface area contributed by atoms with Crippen molar-refractivity contribution >= 4 is 5.91 Å². The van der Waals surface area contributed by atoms with Crippen molar-refractivity contribution in [3.8, 4) is 5.75 Å². The molecule has 0 bridgehead atoms. The molecule has 5 heteroatoms. The number of aryl methyl sites for hydroxylation is 1. The number of aliphatic hydroxyl groups excluding tert-OH is 1. The van der Waals surface area contributed by atoms with Gasteiger partial charge in [0.25, 0.3) is 0 Å². The number of fused-ring (bicyclic) bond motifs is 1. The normalized spacial score (nSPS) is 21.7. The summed E-state index contributed by atoms with van der Waals surface area (Å²) in [4.78, 5) is 12.6. The van der Waals surface area contributed by atoms with E-state index in [0.29, 0.717) is 32.3 Å². The molecule has 1 aliphatic heterocycles. The highest BCUT2D eigenvalue weighted by molar-refractivity contribution is 5.76. The molecule has 2 N–H and O–H groups in total. The zero-order valence-corrected chi connectivity index (χ0v) is 15.2. The number of carbonyl (C=O) groups is 1. The van der Waals surface area contributed by atoms with Gasteiger partial charge in [-0.05, 0) is 66.1 Å². The molecule has 1 amide bonds. The molecule has 1 fully saturated rings. The van der Waals surface area contributed by atoms with Crippen molar-refractivity contribution in [3.63, 3.8) is 0 Å². The quantitative estimate of drug-likeness (QED) is 0.821. The lowest BCUT2D eigenvalue weighted by molar-refractivity contribution is -0.123. The van der Waals surface area contributed by atoms with Crippen LogP contribution in [0.2, 0.25) is 0 Å². The van der Waals surface area contributed by atoms with Gasteiger partial charge in [-0.15, -0.1) is 0 Å². The third-order valence-corrected chi connectivity index (χ3v) is 5.54. The van der Waals surface area contributed by atoms with E-state index in [0.717, 1.165) is 23.3 Å². The fraction of sp³-hybridized carbons (Fsp3) is 0.409. The Balaban J connectivity index is 1.44. The first-order valence-electron chi connectivity index (χ1n) is 9.56. The zero-order valence-electron chi connectivity index (χ0n) is 15.2. The van der Waals surface area contributed by atoms with Gasteiger partial charge in [0.2, 0.25) is 5.91 Å². The molecule has 4 nitrogen and oxygen atoms in total. The summed E-state index contributed by atoms with van der Waals surface area (Å²) >= 11 is 0. The highest BCUT2D eigenvalue weighted by atomic mass is 19.1. The fourth-order valence-electron chi connectivity index (χ4n) is 3.97. The summed E-state index contributed by atoms with van der Waals surface area (Å²) < 4.78 is 18.9. The Morgan fingerprint density at radius 1 is 1.26 bits per heavy atom. The van der Waals surface area contributed by atoms with E-state index in [9.17, 15) is 14.3 Å². The molecule has 1 saturated carbocycles. The number of hydrogen-bond acceptors (Lipinski definition) is 3. The second kappa shape index (κ2) is 7.69. The molecule has 27 heavy (non-hydrogen) atoms. The van der Waals surface area contributed by atoms with E-state index in [1.807, 2.05) is 18.2 Å². The minimum absolute atomic E-state index is 0.0533. The Morgan fingerprint density at radius 2 is 2.11 bits per heavy atom. The fourth-order valence-corrected chi connectivity index (χ4v) is 3.97. The minimum atomic E-state index is -0.283. The Bertz CT molecular complexity index is 832. The third-order valence-electron chi connectivity index (χ3n) is 5.54. The summed E-state index contributed by atoms with van der Waals surface area (Å²) in [5.41, 5.74) is 3.05. The molecule has 0 spiro atoms. The van der Waals surface area contributed by atoms with Crippen molar-refractivity contribution in [2.75, 3.05) is 6.61 Å². The Morgan fingerprint density at radius 3 is 2.89 bits per heavy atom. The van der Waals surface area contributed by atoms with Gasteiger partial charge >= 0.3 is 0 Å². The van der Waals surface area contributed by atoms with Crippen LogP contribution in [0.1, 0.15) is 42.0 Å². The standard InChI is InChI=1S/C22H24FNO3/c23-18-3-1-2-14(10-18)4-7-21(26)24-22(17-12-19(25)13-17)16-5-6-20-15(11-16)8-9-27-20/h1-3,5-6,10-11,17,19,22,25H,4,7-9,12-13H2,(H,24,26)/t17?,19?,22-/m1/s1. The lowest BCUT2D eigenvalue weighted by atomic mass is 9.74. The lowest BCUT2D eigenvalue weighted by Crippen LogP contribution is -2.41. The number of halogens is 1. The highest BCUT2D eigenvalue weighted by Crippen LogP contribution is 2.39. The first kappa shape index (κ1) is 18.0. The molecule has 0 radical (unpaired) electrons. The molecule has 1 aliphatic carbocycles. The van der Waals surface area contributed by atoms with Gasteiger partial charge < -0.3 is 15.2 Å². The summed E-state index contributed by atoms with van der Waals surface area (Å²) in [6.07, 6.45) is 2.81. The first-order chi connectivity index (χ1) is 13.1. The van der Waals surface area contributed by atoms with E-state index in [4.69, 9.17) is 4.74 Å². The van der Waals surface area contributed by atoms with Crippen molar-refractivity contribution in [3.05, 3.63) is 65.0 Å². The molecule has 2 aromatic carbocycles. The van der Waals surface area contributed by atoms with Gasteiger partial charge in [-0.3, -0.25) is 4.79 Å². The summed E-state index contributed by atoms with van der Waals surface area (Å²) in [7, 11) is 0. The van der Waals surface area contributed by atoms with Crippen LogP contribution in [0, 0.1) is 11.7 Å². The van der Waals surface area contributed by atoms with Crippen LogP contribution in [0.3, 0.4) is 0 Å². The van der Waals surface area contributed by atoms with Gasteiger partial charge in [-0.25, -0.2) is 4.39 Å². The van der Waals surface area contributed by atoms with Gasteiger partial charge in [0.05, 0.1) is 18.8 Å². The molecule has 142 valence electrons. The average molecular weight is 369 g/mol. The first-order valence-corrected chi connectivity index (χ1v) is 9.56. The number of benzene rings is 2. The van der Waals surface area contributed by atoms with Crippen molar-refractivity contribution < 1.29 is 19.0 Å². The van der Waals surface area contributed by atoms with E-state index in [-0.39, 0.29) is 29.8 Å². The van der Waals surface area contributed by atoms with Crippen molar-refractivity contribution in [1.29, 1.82) is 0 Å². The minimum Gasteiger partial charge on any atom is -0.493 e. The van der Waals surface area contributed by atoms with Crippen LogP contribution >= 0.6 is 0 Å². The van der Waals surface area contributed by atoms with Gasteiger partial charge in [0, 0.05) is 12.8 Å². The Hall–Kier alpha value is -2.40. The predicted octanol–water partition coefficient (Wildman–Crippen LogP) is 3.32. The predicted molar refractivity (Wildman–Crippen MR) is 100.0 cm³/mol.